The highest BCUT2D eigenvalue weighted by Crippen LogP contribution is 1.79. The second kappa shape index (κ2) is 3.24. The van der Waals surface area contributed by atoms with Crippen molar-refractivity contribution in [3.63, 3.8) is 0 Å². The summed E-state index contributed by atoms with van der Waals surface area (Å²) in [5, 5.41) is 2.41. The van der Waals surface area contributed by atoms with Gasteiger partial charge in [-0.15, -0.1) is 0 Å². The minimum absolute atomic E-state index is 1.14. The van der Waals surface area contributed by atoms with Crippen LogP contribution < -0.4 is 10.6 Å². The first-order chi connectivity index (χ1) is 5.29. The lowest BCUT2D eigenvalue weighted by molar-refractivity contribution is 1.32. The number of aryl methyl sites for hydroxylation is 1. The summed E-state index contributed by atoms with van der Waals surface area (Å²) < 4.78 is 0. The molecule has 0 aromatic carbocycles. The molecule has 58 valence electrons. The lowest BCUT2D eigenvalue weighted by atomic mass is 10.3. The van der Waals surface area contributed by atoms with E-state index in [1.165, 1.54) is 10.8 Å². The summed E-state index contributed by atoms with van der Waals surface area (Å²) in [6, 6.07) is 0. The molecular weight excluding hydrogens is 134 g/mol. The molecule has 1 heterocycles. The average Bonchev–Trinajstić information content (AvgIpc) is 2.33. The van der Waals surface area contributed by atoms with Gasteiger partial charge in [0.25, 0.3) is 0 Å². The Morgan fingerprint density at radius 1 is 1.55 bits per heavy atom. The topological polar surface area (TPSA) is 15.8 Å². The summed E-state index contributed by atoms with van der Waals surface area (Å²) >= 11 is 0. The van der Waals surface area contributed by atoms with Gasteiger partial charge >= 0.3 is 0 Å². The molecule has 0 spiro atoms. The smallest absolute Gasteiger partial charge is 0.0453 e. The first-order valence-corrected chi connectivity index (χ1v) is 3.72. The van der Waals surface area contributed by atoms with Gasteiger partial charge in [0, 0.05) is 11.5 Å². The molecular formula is C10H13N. The fourth-order valence-electron chi connectivity index (χ4n) is 1.19. The van der Waals surface area contributed by atoms with Crippen LogP contribution in [0, 0.1) is 6.92 Å². The molecule has 0 fully saturated rings. The SMILES string of the molecule is C=C/C=c1/[nH]cc(C)/c1=C/C. The molecule has 0 amide bonds. The highest BCUT2D eigenvalue weighted by Gasteiger charge is 1.88. The van der Waals surface area contributed by atoms with E-state index in [0.29, 0.717) is 0 Å². The van der Waals surface area contributed by atoms with Gasteiger partial charge in [0.05, 0.1) is 0 Å². The Kier molecular flexibility index (Phi) is 2.32. The molecule has 1 nitrogen and oxygen atoms in total. The minimum Gasteiger partial charge on any atom is -0.361 e. The molecule has 1 aromatic rings. The molecule has 0 bridgehead atoms. The maximum absolute atomic E-state index is 3.65. The molecule has 0 aliphatic rings. The number of aromatic nitrogens is 1. The van der Waals surface area contributed by atoms with Crippen molar-refractivity contribution in [2.45, 2.75) is 13.8 Å². The zero-order valence-corrected chi connectivity index (χ0v) is 7.02. The van der Waals surface area contributed by atoms with Gasteiger partial charge in [-0.2, -0.15) is 0 Å². The van der Waals surface area contributed by atoms with Crippen molar-refractivity contribution in [3.05, 3.63) is 35.0 Å². The average molecular weight is 147 g/mol. The van der Waals surface area contributed by atoms with Crippen LogP contribution in [0.4, 0.5) is 0 Å². The Balaban J connectivity index is 3.52. The molecule has 1 rings (SSSR count). The Labute approximate surface area is 66.8 Å². The molecule has 0 aliphatic heterocycles. The number of nitrogens with one attached hydrogen (secondary N) is 1. The first-order valence-electron chi connectivity index (χ1n) is 3.72. The van der Waals surface area contributed by atoms with Crippen LogP contribution in [0.15, 0.2) is 18.9 Å². The summed E-state index contributed by atoms with van der Waals surface area (Å²) in [4.78, 5) is 3.17. The monoisotopic (exact) mass is 147 g/mol. The molecule has 0 saturated carbocycles. The molecule has 1 aromatic heterocycles. The van der Waals surface area contributed by atoms with Crippen LogP contribution >= 0.6 is 0 Å². The largest absolute Gasteiger partial charge is 0.361 e. The highest BCUT2D eigenvalue weighted by atomic mass is 14.6. The Hall–Kier alpha value is -1.24. The van der Waals surface area contributed by atoms with E-state index in [1.807, 2.05) is 19.2 Å². The van der Waals surface area contributed by atoms with Crippen molar-refractivity contribution in [1.29, 1.82) is 0 Å². The fourth-order valence-corrected chi connectivity index (χ4v) is 1.19. The van der Waals surface area contributed by atoms with E-state index in [4.69, 9.17) is 0 Å². The third-order valence-corrected chi connectivity index (χ3v) is 1.73. The Morgan fingerprint density at radius 2 is 2.27 bits per heavy atom. The van der Waals surface area contributed by atoms with E-state index in [1.54, 1.807) is 6.08 Å². The van der Waals surface area contributed by atoms with Gasteiger partial charge < -0.3 is 4.98 Å². The molecule has 0 atom stereocenters. The predicted octanol–water partition coefficient (Wildman–Crippen LogP) is 1.09. The van der Waals surface area contributed by atoms with Crippen LogP contribution in [0.5, 0.6) is 0 Å². The summed E-state index contributed by atoms with van der Waals surface area (Å²) in [5.41, 5.74) is 1.28. The van der Waals surface area contributed by atoms with Crippen LogP contribution in [0.25, 0.3) is 12.2 Å². The second-order valence-electron chi connectivity index (χ2n) is 2.49. The van der Waals surface area contributed by atoms with E-state index in [0.717, 1.165) is 5.35 Å². The molecule has 0 saturated heterocycles. The molecule has 1 N–H and O–H groups in total. The van der Waals surface area contributed by atoms with Gasteiger partial charge in [-0.1, -0.05) is 18.7 Å². The van der Waals surface area contributed by atoms with Gasteiger partial charge in [-0.05, 0) is 30.7 Å². The number of rotatable bonds is 1. The van der Waals surface area contributed by atoms with Crippen molar-refractivity contribution < 1.29 is 0 Å². The summed E-state index contributed by atoms with van der Waals surface area (Å²) in [5.74, 6) is 0. The van der Waals surface area contributed by atoms with Crippen molar-refractivity contribution in [2.24, 2.45) is 0 Å². The van der Waals surface area contributed by atoms with E-state index in [9.17, 15) is 0 Å². The number of hydrogen-bond acceptors (Lipinski definition) is 0. The van der Waals surface area contributed by atoms with Gasteiger partial charge in [0.1, 0.15) is 0 Å². The summed E-state index contributed by atoms with van der Waals surface area (Å²) in [6.45, 7) is 7.78. The lowest BCUT2D eigenvalue weighted by Gasteiger charge is -1.79. The third-order valence-electron chi connectivity index (χ3n) is 1.73. The van der Waals surface area contributed by atoms with Crippen molar-refractivity contribution in [3.8, 4) is 0 Å². The lowest BCUT2D eigenvalue weighted by Crippen LogP contribution is -2.23. The van der Waals surface area contributed by atoms with Crippen molar-refractivity contribution in [2.75, 3.05) is 0 Å². The van der Waals surface area contributed by atoms with E-state index in [2.05, 4.69) is 24.6 Å². The highest BCUT2D eigenvalue weighted by molar-refractivity contribution is 5.37. The third kappa shape index (κ3) is 1.43. The van der Waals surface area contributed by atoms with Gasteiger partial charge in [-0.25, -0.2) is 0 Å². The number of H-pyrrole nitrogens is 1. The van der Waals surface area contributed by atoms with Gasteiger partial charge in [0.2, 0.25) is 0 Å². The maximum atomic E-state index is 3.65. The second-order valence-corrected chi connectivity index (χ2v) is 2.49. The molecule has 1 heteroatoms. The summed E-state index contributed by atoms with van der Waals surface area (Å²) in [6.07, 6.45) is 7.87. The predicted molar refractivity (Wildman–Crippen MR) is 49.6 cm³/mol. The zero-order valence-electron chi connectivity index (χ0n) is 7.02. The summed E-state index contributed by atoms with van der Waals surface area (Å²) in [7, 11) is 0. The van der Waals surface area contributed by atoms with Crippen LogP contribution in [-0.4, -0.2) is 4.98 Å². The number of hydrogen-bond donors (Lipinski definition) is 1. The Morgan fingerprint density at radius 3 is 2.82 bits per heavy atom. The first kappa shape index (κ1) is 7.86. The molecule has 0 radical (unpaired) electrons. The molecule has 0 aliphatic carbocycles. The standard InChI is InChI=1S/C10H13N/c1-4-6-10-9(5-2)8(3)7-11-10/h4-7,11H,1H2,2-3H3/b9-5-,10-6+. The maximum Gasteiger partial charge on any atom is 0.0453 e. The molecule has 0 unspecified atom stereocenters. The molecule has 11 heavy (non-hydrogen) atoms. The van der Waals surface area contributed by atoms with E-state index in [-0.39, 0.29) is 0 Å². The Bertz CT molecular complexity index is 355. The fraction of sp³-hybridized carbons (Fsp3) is 0.200. The van der Waals surface area contributed by atoms with Crippen LogP contribution in [0.1, 0.15) is 12.5 Å². The normalized spacial score (nSPS) is 14.0. The minimum atomic E-state index is 1.14. The number of allylic oxidation sites excluding steroid dienone is 1. The quantitative estimate of drug-likeness (QED) is 0.612. The van der Waals surface area contributed by atoms with Gasteiger partial charge in [-0.3, -0.25) is 0 Å². The number of aromatic amines is 1. The van der Waals surface area contributed by atoms with Crippen molar-refractivity contribution in [1.82, 2.24) is 4.98 Å². The van der Waals surface area contributed by atoms with Crippen LogP contribution in [0.2, 0.25) is 0 Å². The van der Waals surface area contributed by atoms with Gasteiger partial charge in [0.15, 0.2) is 0 Å². The van der Waals surface area contributed by atoms with E-state index >= 15 is 0 Å². The van der Waals surface area contributed by atoms with Crippen LogP contribution in [-0.2, 0) is 0 Å². The zero-order chi connectivity index (χ0) is 8.27. The van der Waals surface area contributed by atoms with E-state index < -0.39 is 0 Å². The van der Waals surface area contributed by atoms with Crippen molar-refractivity contribution >= 4 is 12.2 Å². The van der Waals surface area contributed by atoms with Crippen LogP contribution in [0.3, 0.4) is 0 Å².